The van der Waals surface area contributed by atoms with Crippen LogP contribution in [0.15, 0.2) is 60.7 Å². The number of hydrogen-bond acceptors (Lipinski definition) is 4. The Morgan fingerprint density at radius 1 is 0.968 bits per heavy atom. The van der Waals surface area contributed by atoms with E-state index in [1.54, 1.807) is 7.11 Å². The maximum Gasteiger partial charge on any atom is 0.196 e. The van der Waals surface area contributed by atoms with E-state index in [4.69, 9.17) is 13.9 Å². The van der Waals surface area contributed by atoms with Gasteiger partial charge in [-0.05, 0) is 47.0 Å². The lowest BCUT2D eigenvalue weighted by molar-refractivity contribution is 0.0504. The number of carbonyl (C=O) groups excluding carboxylic acids is 1. The van der Waals surface area contributed by atoms with Crippen molar-refractivity contribution in [1.29, 1.82) is 0 Å². The van der Waals surface area contributed by atoms with E-state index in [0.717, 1.165) is 16.3 Å². The van der Waals surface area contributed by atoms with E-state index in [0.29, 0.717) is 16.9 Å². The summed E-state index contributed by atoms with van der Waals surface area (Å²) in [4.78, 5) is 13.4. The molecule has 3 aromatic rings. The third-order valence-electron chi connectivity index (χ3n) is 5.10. The molecule has 0 spiro atoms. The van der Waals surface area contributed by atoms with E-state index < -0.39 is 9.04 Å². The molecule has 164 valence electrons. The normalized spacial score (nSPS) is 12.9. The van der Waals surface area contributed by atoms with E-state index in [-0.39, 0.29) is 24.1 Å². The second-order valence-corrected chi connectivity index (χ2v) is 11.5. The topological polar surface area (TPSA) is 44.8 Å². The summed E-state index contributed by atoms with van der Waals surface area (Å²) in [5.74, 6) is 0.450. The van der Waals surface area contributed by atoms with E-state index in [2.05, 4.69) is 33.9 Å². The Hall–Kier alpha value is -2.47. The van der Waals surface area contributed by atoms with Gasteiger partial charge in [-0.1, -0.05) is 69.3 Å². The van der Waals surface area contributed by atoms with Gasteiger partial charge < -0.3 is 13.9 Å². The molecule has 0 fully saturated rings. The quantitative estimate of drug-likeness (QED) is 0.242. The first-order chi connectivity index (χ1) is 14.7. The number of fused-ring (bicyclic) bond motifs is 1. The minimum absolute atomic E-state index is 0.00425. The summed E-state index contributed by atoms with van der Waals surface area (Å²) in [6.45, 7) is 11.0. The summed E-state index contributed by atoms with van der Waals surface area (Å²) in [5.41, 5.74) is 2.22. The highest BCUT2D eigenvalue weighted by atomic mass is 28.3. The van der Waals surface area contributed by atoms with Crippen LogP contribution in [0.5, 0.6) is 5.75 Å². The molecule has 0 amide bonds. The Bertz CT molecular complexity index is 1040. The van der Waals surface area contributed by atoms with Gasteiger partial charge in [0, 0.05) is 12.7 Å². The fraction of sp³-hybridized carbons (Fsp3) is 0.346. The highest BCUT2D eigenvalue weighted by molar-refractivity contribution is 6.48. The molecule has 0 heterocycles. The van der Waals surface area contributed by atoms with Crippen LogP contribution in [0.4, 0.5) is 0 Å². The van der Waals surface area contributed by atoms with E-state index in [1.165, 1.54) is 0 Å². The lowest BCUT2D eigenvalue weighted by atomic mass is 9.84. The highest BCUT2D eigenvalue weighted by Gasteiger charge is 2.28. The Morgan fingerprint density at radius 2 is 1.58 bits per heavy atom. The molecule has 0 aliphatic heterocycles. The first-order valence-electron chi connectivity index (χ1n) is 10.7. The standard InChI is InChI=1S/C26H32O4Si/c1-26(2,3)25(30-31(5)6)19-13-11-18(12-14-19)24(27)22-15-20-9-7-8-10-21(20)16-23(22)29-17-28-4/h7-16,25,31H,17H2,1-6H3. The summed E-state index contributed by atoms with van der Waals surface area (Å²) in [6.07, 6.45) is 0.00425. The molecule has 0 aliphatic carbocycles. The number of ketones is 1. The number of benzene rings is 3. The molecule has 5 heteroatoms. The Morgan fingerprint density at radius 3 is 2.13 bits per heavy atom. The molecule has 0 saturated heterocycles. The minimum atomic E-state index is -1.22. The molecule has 0 aliphatic rings. The number of ether oxygens (including phenoxy) is 2. The van der Waals surface area contributed by atoms with Crippen molar-refractivity contribution in [2.24, 2.45) is 5.41 Å². The lowest BCUT2D eigenvalue weighted by Gasteiger charge is -2.33. The summed E-state index contributed by atoms with van der Waals surface area (Å²) in [7, 11) is 0.348. The van der Waals surface area contributed by atoms with Crippen molar-refractivity contribution in [3.63, 3.8) is 0 Å². The van der Waals surface area contributed by atoms with Crippen LogP contribution in [0.2, 0.25) is 13.1 Å². The molecule has 0 N–H and O–H groups in total. The zero-order chi connectivity index (χ0) is 22.6. The van der Waals surface area contributed by atoms with Crippen LogP contribution in [0.3, 0.4) is 0 Å². The van der Waals surface area contributed by atoms with Gasteiger partial charge in [-0.25, -0.2) is 0 Å². The molecule has 1 unspecified atom stereocenters. The Labute approximate surface area is 186 Å². The summed E-state index contributed by atoms with van der Waals surface area (Å²) in [6, 6.07) is 19.5. The van der Waals surface area contributed by atoms with Gasteiger partial charge in [-0.2, -0.15) is 0 Å². The van der Waals surface area contributed by atoms with Gasteiger partial charge in [0.15, 0.2) is 21.6 Å². The average Bonchev–Trinajstić information content (AvgIpc) is 2.74. The van der Waals surface area contributed by atoms with Gasteiger partial charge in [-0.15, -0.1) is 0 Å². The first kappa shape index (κ1) is 23.2. The molecule has 0 radical (unpaired) electrons. The van der Waals surface area contributed by atoms with Crippen LogP contribution in [-0.2, 0) is 9.16 Å². The van der Waals surface area contributed by atoms with Crippen molar-refractivity contribution in [3.8, 4) is 5.75 Å². The van der Waals surface area contributed by atoms with Gasteiger partial charge >= 0.3 is 0 Å². The average molecular weight is 437 g/mol. The smallest absolute Gasteiger partial charge is 0.196 e. The van der Waals surface area contributed by atoms with Crippen molar-refractivity contribution >= 4 is 25.6 Å². The molecule has 0 bridgehead atoms. The van der Waals surface area contributed by atoms with Crippen molar-refractivity contribution in [1.82, 2.24) is 0 Å². The van der Waals surface area contributed by atoms with Crippen molar-refractivity contribution < 1.29 is 18.7 Å². The number of carbonyl (C=O) groups is 1. The molecule has 3 aromatic carbocycles. The maximum atomic E-state index is 13.4. The van der Waals surface area contributed by atoms with Gasteiger partial charge in [0.2, 0.25) is 0 Å². The molecule has 1 atom stereocenters. The number of methoxy groups -OCH3 is 1. The van der Waals surface area contributed by atoms with Crippen LogP contribution >= 0.6 is 0 Å². The number of hydrogen-bond donors (Lipinski definition) is 0. The monoisotopic (exact) mass is 436 g/mol. The van der Waals surface area contributed by atoms with E-state index in [9.17, 15) is 4.79 Å². The van der Waals surface area contributed by atoms with Crippen molar-refractivity contribution in [2.75, 3.05) is 13.9 Å². The lowest BCUT2D eigenvalue weighted by Crippen LogP contribution is -2.25. The third-order valence-corrected chi connectivity index (χ3v) is 5.91. The predicted molar refractivity (Wildman–Crippen MR) is 128 cm³/mol. The fourth-order valence-corrected chi connectivity index (χ4v) is 4.77. The van der Waals surface area contributed by atoms with Crippen LogP contribution in [0.1, 0.15) is 48.4 Å². The minimum Gasteiger partial charge on any atom is -0.467 e. The molecular weight excluding hydrogens is 404 g/mol. The molecule has 31 heavy (non-hydrogen) atoms. The van der Waals surface area contributed by atoms with E-state index >= 15 is 0 Å². The molecular formula is C26H32O4Si. The molecule has 0 aromatic heterocycles. The van der Waals surface area contributed by atoms with Crippen molar-refractivity contribution in [3.05, 3.63) is 77.4 Å². The van der Waals surface area contributed by atoms with Gasteiger partial charge in [0.25, 0.3) is 0 Å². The second-order valence-electron chi connectivity index (χ2n) is 9.13. The Balaban J connectivity index is 1.96. The van der Waals surface area contributed by atoms with E-state index in [1.807, 2.05) is 60.7 Å². The zero-order valence-corrected chi connectivity index (χ0v) is 20.4. The van der Waals surface area contributed by atoms with Crippen LogP contribution in [-0.4, -0.2) is 28.7 Å². The van der Waals surface area contributed by atoms with Gasteiger partial charge in [0.05, 0.1) is 11.7 Å². The van der Waals surface area contributed by atoms with Crippen molar-refractivity contribution in [2.45, 2.75) is 40.0 Å². The molecule has 4 nitrogen and oxygen atoms in total. The predicted octanol–water partition coefficient (Wildman–Crippen LogP) is 6.14. The van der Waals surface area contributed by atoms with Crippen LogP contribution < -0.4 is 4.74 Å². The fourth-order valence-electron chi connectivity index (χ4n) is 3.66. The van der Waals surface area contributed by atoms with Crippen LogP contribution in [0, 0.1) is 5.41 Å². The summed E-state index contributed by atoms with van der Waals surface area (Å²) in [5, 5.41) is 2.01. The zero-order valence-electron chi connectivity index (χ0n) is 19.3. The van der Waals surface area contributed by atoms with Gasteiger partial charge in [0.1, 0.15) is 5.75 Å². The Kier molecular flexibility index (Phi) is 7.31. The molecule has 3 rings (SSSR count). The summed E-state index contributed by atoms with van der Waals surface area (Å²) < 4.78 is 17.1. The first-order valence-corrected chi connectivity index (χ1v) is 13.4. The summed E-state index contributed by atoms with van der Waals surface area (Å²) >= 11 is 0. The largest absolute Gasteiger partial charge is 0.467 e. The number of rotatable bonds is 8. The third kappa shape index (κ3) is 5.61. The second kappa shape index (κ2) is 9.77. The highest BCUT2D eigenvalue weighted by Crippen LogP contribution is 2.37. The molecule has 0 saturated carbocycles. The van der Waals surface area contributed by atoms with Crippen LogP contribution in [0.25, 0.3) is 10.8 Å². The van der Waals surface area contributed by atoms with Gasteiger partial charge in [-0.3, -0.25) is 4.79 Å². The maximum absolute atomic E-state index is 13.4. The SMILES string of the molecule is COCOc1cc2ccccc2cc1C(=O)c1ccc(C(O[SiH](C)C)C(C)(C)C)cc1.